The molecule has 2 amide bonds. The number of imidazole rings is 1. The first-order valence-corrected chi connectivity index (χ1v) is 16.2. The average Bonchev–Trinajstić information content (AvgIpc) is 3.41. The fourth-order valence-corrected chi connectivity index (χ4v) is 6.36. The fraction of sp³-hybridized carbons (Fsp3) is 0.359. The van der Waals surface area contributed by atoms with Gasteiger partial charge < -0.3 is 19.5 Å². The molecule has 0 spiro atoms. The van der Waals surface area contributed by atoms with Gasteiger partial charge in [-0.05, 0) is 77.0 Å². The minimum Gasteiger partial charge on any atom is -0.444 e. The summed E-state index contributed by atoms with van der Waals surface area (Å²) in [5.74, 6) is -0.0758. The van der Waals surface area contributed by atoms with Crippen molar-refractivity contribution in [2.24, 2.45) is 0 Å². The summed E-state index contributed by atoms with van der Waals surface area (Å²) in [4.78, 5) is 33.2. The van der Waals surface area contributed by atoms with Gasteiger partial charge in [-0.2, -0.15) is 0 Å². The van der Waals surface area contributed by atoms with Gasteiger partial charge in [-0.3, -0.25) is 4.79 Å². The highest BCUT2D eigenvalue weighted by molar-refractivity contribution is 5.86. The number of rotatable bonds is 10. The number of benzene rings is 3. The van der Waals surface area contributed by atoms with E-state index in [1.165, 1.54) is 5.57 Å². The first-order valence-electron chi connectivity index (χ1n) is 16.2. The zero-order valence-electron chi connectivity index (χ0n) is 27.7. The van der Waals surface area contributed by atoms with E-state index >= 15 is 0 Å². The SMILES string of the molecule is CC1=CCN(C(=O)[C@H](CCCc2ncn(C(c3ccccc3)(c3ccccc3)c3ccccc3)c2C)NC(=O)OC(C)(C)C)CC1. The average molecular weight is 619 g/mol. The van der Waals surface area contributed by atoms with E-state index in [2.05, 4.69) is 103 Å². The third-order valence-corrected chi connectivity index (χ3v) is 8.69. The number of nitrogens with one attached hydrogen (secondary N) is 1. The maximum absolute atomic E-state index is 13.6. The van der Waals surface area contributed by atoms with Gasteiger partial charge in [0, 0.05) is 18.8 Å². The Morgan fingerprint density at radius 2 is 1.41 bits per heavy atom. The third-order valence-electron chi connectivity index (χ3n) is 8.69. The highest BCUT2D eigenvalue weighted by Gasteiger charge is 2.39. The molecule has 1 atom stereocenters. The van der Waals surface area contributed by atoms with Crippen LogP contribution in [-0.2, 0) is 21.5 Å². The van der Waals surface area contributed by atoms with Crippen molar-refractivity contribution in [1.29, 1.82) is 0 Å². The summed E-state index contributed by atoms with van der Waals surface area (Å²) in [6.45, 7) is 10.9. The van der Waals surface area contributed by atoms with Crippen LogP contribution < -0.4 is 5.32 Å². The van der Waals surface area contributed by atoms with Crippen molar-refractivity contribution in [3.8, 4) is 0 Å². The quantitative estimate of drug-likeness (QED) is 0.148. The molecule has 4 aromatic rings. The van der Waals surface area contributed by atoms with Crippen molar-refractivity contribution in [1.82, 2.24) is 19.8 Å². The summed E-state index contributed by atoms with van der Waals surface area (Å²) in [5, 5.41) is 2.88. The normalized spacial score (nSPS) is 14.4. The molecular weight excluding hydrogens is 572 g/mol. The molecule has 0 saturated carbocycles. The van der Waals surface area contributed by atoms with Crippen LogP contribution >= 0.6 is 0 Å². The molecule has 0 bridgehead atoms. The summed E-state index contributed by atoms with van der Waals surface area (Å²) in [6, 6.07) is 31.0. The predicted octanol–water partition coefficient (Wildman–Crippen LogP) is 7.43. The van der Waals surface area contributed by atoms with E-state index in [9.17, 15) is 9.59 Å². The lowest BCUT2D eigenvalue weighted by molar-refractivity contribution is -0.133. The minimum atomic E-state index is -0.680. The fourth-order valence-electron chi connectivity index (χ4n) is 6.36. The zero-order valence-corrected chi connectivity index (χ0v) is 27.7. The van der Waals surface area contributed by atoms with Gasteiger partial charge in [0.2, 0.25) is 5.91 Å². The highest BCUT2D eigenvalue weighted by Crippen LogP contribution is 2.42. The lowest BCUT2D eigenvalue weighted by Gasteiger charge is -2.38. The van der Waals surface area contributed by atoms with E-state index in [0.29, 0.717) is 32.4 Å². The number of hydrogen-bond donors (Lipinski definition) is 1. The highest BCUT2D eigenvalue weighted by atomic mass is 16.6. The number of aromatic nitrogens is 2. The standard InChI is InChI=1S/C39H46N4O3/c1-29-24-26-42(27-25-29)36(44)35(41-37(45)46-38(3,4)5)23-15-22-34-30(2)43(28-40-34)39(31-16-9-6-10-17-31,32-18-11-7-12-19-32)33-20-13-8-14-21-33/h6-14,16-21,24,28,35H,15,22-23,25-27H2,1-5H3,(H,41,45)/t35-/m0/s1. The van der Waals surface area contributed by atoms with Crippen LogP contribution in [0.25, 0.3) is 0 Å². The summed E-state index contributed by atoms with van der Waals surface area (Å²) >= 11 is 0. The van der Waals surface area contributed by atoms with Gasteiger partial charge in [-0.1, -0.05) is 103 Å². The molecule has 0 fully saturated rings. The Labute approximate surface area is 273 Å². The predicted molar refractivity (Wildman–Crippen MR) is 183 cm³/mol. The second-order valence-corrected chi connectivity index (χ2v) is 13.1. The Balaban J connectivity index is 1.44. The molecule has 2 heterocycles. The number of carbonyl (C=O) groups excluding carboxylic acids is 2. The molecule has 1 aliphatic heterocycles. The van der Waals surface area contributed by atoms with Crippen molar-refractivity contribution < 1.29 is 14.3 Å². The Kier molecular flexibility index (Phi) is 10.1. The third kappa shape index (κ3) is 7.25. The Bertz CT molecular complexity index is 1540. The largest absolute Gasteiger partial charge is 0.444 e. The molecule has 0 saturated heterocycles. The van der Waals surface area contributed by atoms with Crippen molar-refractivity contribution in [2.75, 3.05) is 13.1 Å². The number of aryl methyl sites for hydroxylation is 1. The molecule has 240 valence electrons. The van der Waals surface area contributed by atoms with Gasteiger partial charge in [-0.25, -0.2) is 9.78 Å². The molecule has 0 radical (unpaired) electrons. The first kappa shape index (κ1) is 32.7. The van der Waals surface area contributed by atoms with Crippen molar-refractivity contribution in [3.63, 3.8) is 0 Å². The molecule has 0 unspecified atom stereocenters. The summed E-state index contributed by atoms with van der Waals surface area (Å²) in [7, 11) is 0. The van der Waals surface area contributed by atoms with Gasteiger partial charge >= 0.3 is 6.09 Å². The van der Waals surface area contributed by atoms with Crippen LogP contribution in [0.5, 0.6) is 0 Å². The number of carbonyl (C=O) groups is 2. The van der Waals surface area contributed by atoms with Crippen LogP contribution in [0, 0.1) is 6.92 Å². The van der Waals surface area contributed by atoms with Gasteiger partial charge in [0.05, 0.1) is 12.0 Å². The molecule has 7 heteroatoms. The summed E-state index contributed by atoms with van der Waals surface area (Å²) in [6.07, 6.45) is 6.10. The van der Waals surface area contributed by atoms with Gasteiger partial charge in [-0.15, -0.1) is 0 Å². The van der Waals surface area contributed by atoms with Crippen LogP contribution in [0.2, 0.25) is 0 Å². The van der Waals surface area contributed by atoms with Crippen LogP contribution in [0.3, 0.4) is 0 Å². The minimum absolute atomic E-state index is 0.0758. The van der Waals surface area contributed by atoms with Gasteiger partial charge in [0.25, 0.3) is 0 Å². The molecular formula is C39H46N4O3. The molecule has 5 rings (SSSR count). The summed E-state index contributed by atoms with van der Waals surface area (Å²) in [5.41, 5.74) is 5.41. The number of amides is 2. The van der Waals surface area contributed by atoms with E-state index in [4.69, 9.17) is 9.72 Å². The number of nitrogens with zero attached hydrogens (tertiary/aromatic N) is 3. The molecule has 1 aliphatic rings. The first-order chi connectivity index (χ1) is 22.1. The zero-order chi connectivity index (χ0) is 32.7. The Morgan fingerprint density at radius 3 is 1.89 bits per heavy atom. The second kappa shape index (κ2) is 14.2. The van der Waals surface area contributed by atoms with Crippen molar-refractivity contribution in [3.05, 3.63) is 137 Å². The van der Waals surface area contributed by atoms with Crippen molar-refractivity contribution in [2.45, 2.75) is 77.5 Å². The molecule has 1 N–H and O–H groups in total. The maximum Gasteiger partial charge on any atom is 0.408 e. The van der Waals surface area contributed by atoms with Crippen LogP contribution in [0.15, 0.2) is 109 Å². The van der Waals surface area contributed by atoms with Gasteiger partial charge in [0.1, 0.15) is 17.2 Å². The van der Waals surface area contributed by atoms with Crippen molar-refractivity contribution >= 4 is 12.0 Å². The lowest BCUT2D eigenvalue weighted by Crippen LogP contribution is -2.50. The number of ether oxygens (including phenoxy) is 1. The van der Waals surface area contributed by atoms with Crippen LogP contribution in [0.1, 0.15) is 75.0 Å². The molecule has 1 aromatic heterocycles. The van der Waals surface area contributed by atoms with E-state index in [1.807, 2.05) is 50.2 Å². The monoisotopic (exact) mass is 618 g/mol. The molecule has 3 aromatic carbocycles. The van der Waals surface area contributed by atoms with Crippen LogP contribution in [-0.4, -0.2) is 51.2 Å². The number of alkyl carbamates (subject to hydrolysis) is 1. The van der Waals surface area contributed by atoms with Gasteiger partial charge in [0.15, 0.2) is 0 Å². The van der Waals surface area contributed by atoms with E-state index in [-0.39, 0.29) is 5.91 Å². The topological polar surface area (TPSA) is 76.5 Å². The second-order valence-electron chi connectivity index (χ2n) is 13.1. The van der Waals surface area contributed by atoms with E-state index < -0.39 is 23.3 Å². The molecule has 0 aliphatic carbocycles. The van der Waals surface area contributed by atoms with Crippen LogP contribution in [0.4, 0.5) is 4.79 Å². The number of hydrogen-bond acceptors (Lipinski definition) is 4. The maximum atomic E-state index is 13.6. The Morgan fingerprint density at radius 1 is 0.870 bits per heavy atom. The van der Waals surface area contributed by atoms with E-state index in [0.717, 1.165) is 34.5 Å². The van der Waals surface area contributed by atoms with E-state index in [1.54, 1.807) is 0 Å². The lowest BCUT2D eigenvalue weighted by atomic mass is 9.76. The molecule has 7 nitrogen and oxygen atoms in total. The smallest absolute Gasteiger partial charge is 0.408 e. The Hall–Kier alpha value is -4.65. The summed E-state index contributed by atoms with van der Waals surface area (Å²) < 4.78 is 7.81. The molecule has 46 heavy (non-hydrogen) atoms.